The van der Waals surface area contributed by atoms with Gasteiger partial charge in [0.15, 0.2) is 0 Å². The zero-order chi connectivity index (χ0) is 16.8. The summed E-state index contributed by atoms with van der Waals surface area (Å²) >= 11 is 0. The summed E-state index contributed by atoms with van der Waals surface area (Å²) in [5.41, 5.74) is 3.00. The van der Waals surface area contributed by atoms with Crippen LogP contribution >= 0.6 is 0 Å². The SMILES string of the molecule is CCCCN(CC(N)=O)C(=O)NC(C)(C)C(C)(C)C(=O)O. The van der Waals surface area contributed by atoms with Gasteiger partial charge in [0, 0.05) is 6.54 Å². The van der Waals surface area contributed by atoms with Gasteiger partial charge in [-0.25, -0.2) is 4.79 Å². The Hall–Kier alpha value is -1.79. The normalized spacial score (nSPS) is 11.9. The lowest BCUT2D eigenvalue weighted by Crippen LogP contribution is -2.60. The third-order valence-electron chi connectivity index (χ3n) is 3.93. The average molecular weight is 301 g/mol. The van der Waals surface area contributed by atoms with Crippen molar-refractivity contribution in [3.8, 4) is 0 Å². The molecular weight excluding hydrogens is 274 g/mol. The Morgan fingerprint density at radius 3 is 2.10 bits per heavy atom. The number of carbonyl (C=O) groups excluding carboxylic acids is 2. The van der Waals surface area contributed by atoms with Crippen LogP contribution < -0.4 is 11.1 Å². The molecule has 0 fully saturated rings. The summed E-state index contributed by atoms with van der Waals surface area (Å²) in [4.78, 5) is 36.0. The van der Waals surface area contributed by atoms with Gasteiger partial charge in [0.1, 0.15) is 6.54 Å². The fraction of sp³-hybridized carbons (Fsp3) is 0.786. The van der Waals surface area contributed by atoms with E-state index in [2.05, 4.69) is 5.32 Å². The highest BCUT2D eigenvalue weighted by molar-refractivity contribution is 5.84. The quantitative estimate of drug-likeness (QED) is 0.624. The van der Waals surface area contributed by atoms with Gasteiger partial charge in [-0.15, -0.1) is 0 Å². The van der Waals surface area contributed by atoms with E-state index in [1.807, 2.05) is 6.92 Å². The van der Waals surface area contributed by atoms with Crippen molar-refractivity contribution in [1.29, 1.82) is 0 Å². The van der Waals surface area contributed by atoms with Gasteiger partial charge >= 0.3 is 12.0 Å². The molecule has 122 valence electrons. The van der Waals surface area contributed by atoms with Crippen molar-refractivity contribution in [2.75, 3.05) is 13.1 Å². The molecule has 0 aliphatic heterocycles. The molecule has 21 heavy (non-hydrogen) atoms. The lowest BCUT2D eigenvalue weighted by molar-refractivity contribution is -0.150. The van der Waals surface area contributed by atoms with E-state index in [-0.39, 0.29) is 6.54 Å². The van der Waals surface area contributed by atoms with Crippen LogP contribution in [-0.4, -0.2) is 46.5 Å². The van der Waals surface area contributed by atoms with E-state index in [4.69, 9.17) is 5.73 Å². The minimum Gasteiger partial charge on any atom is -0.481 e. The molecule has 4 N–H and O–H groups in total. The van der Waals surface area contributed by atoms with Crippen LogP contribution in [0.15, 0.2) is 0 Å². The van der Waals surface area contributed by atoms with E-state index >= 15 is 0 Å². The summed E-state index contributed by atoms with van der Waals surface area (Å²) in [6.07, 6.45) is 1.61. The number of nitrogens with two attached hydrogens (primary N) is 1. The fourth-order valence-electron chi connectivity index (χ4n) is 1.56. The maximum Gasteiger partial charge on any atom is 0.318 e. The number of carboxylic acids is 1. The highest BCUT2D eigenvalue weighted by Crippen LogP contribution is 2.30. The molecule has 0 atom stereocenters. The summed E-state index contributed by atoms with van der Waals surface area (Å²) in [7, 11) is 0. The molecule has 3 amide bonds. The summed E-state index contributed by atoms with van der Waals surface area (Å²) in [5, 5.41) is 12.0. The van der Waals surface area contributed by atoms with Gasteiger partial charge in [-0.2, -0.15) is 0 Å². The number of carboxylic acid groups (broad SMARTS) is 1. The largest absolute Gasteiger partial charge is 0.481 e. The van der Waals surface area contributed by atoms with Crippen LogP contribution in [0.25, 0.3) is 0 Å². The highest BCUT2D eigenvalue weighted by atomic mass is 16.4. The number of nitrogens with zero attached hydrogens (tertiary/aromatic N) is 1. The van der Waals surface area contributed by atoms with Gasteiger partial charge in [0.2, 0.25) is 5.91 Å². The molecule has 0 heterocycles. The summed E-state index contributed by atoms with van der Waals surface area (Å²) < 4.78 is 0. The molecule has 0 rings (SSSR count). The van der Waals surface area contributed by atoms with E-state index in [0.717, 1.165) is 12.8 Å². The Balaban J connectivity index is 5.03. The minimum atomic E-state index is -1.16. The van der Waals surface area contributed by atoms with E-state index in [1.165, 1.54) is 4.90 Å². The van der Waals surface area contributed by atoms with Crippen molar-refractivity contribution >= 4 is 17.9 Å². The zero-order valence-corrected chi connectivity index (χ0v) is 13.5. The third kappa shape index (κ3) is 5.24. The van der Waals surface area contributed by atoms with Crippen LogP contribution in [0, 0.1) is 5.41 Å². The topological polar surface area (TPSA) is 113 Å². The number of urea groups is 1. The van der Waals surface area contributed by atoms with Crippen molar-refractivity contribution in [1.82, 2.24) is 10.2 Å². The maximum atomic E-state index is 12.3. The van der Waals surface area contributed by atoms with E-state index in [9.17, 15) is 19.5 Å². The maximum absolute atomic E-state index is 12.3. The Labute approximate surface area is 125 Å². The van der Waals surface area contributed by atoms with Crippen LogP contribution in [0.5, 0.6) is 0 Å². The number of amides is 3. The lowest BCUT2D eigenvalue weighted by Gasteiger charge is -2.40. The van der Waals surface area contributed by atoms with Crippen molar-refractivity contribution in [3.63, 3.8) is 0 Å². The molecule has 0 aromatic heterocycles. The molecule has 0 spiro atoms. The Bertz CT molecular complexity index is 405. The van der Waals surface area contributed by atoms with Gasteiger partial charge in [0.05, 0.1) is 11.0 Å². The van der Waals surface area contributed by atoms with Crippen LogP contribution in [0.2, 0.25) is 0 Å². The standard InChI is InChI=1S/C14H27N3O4/c1-6-7-8-17(9-10(15)18)12(21)16-14(4,5)13(2,3)11(19)20/h6-9H2,1-5H3,(H2,15,18)(H,16,21)(H,19,20). The monoisotopic (exact) mass is 301 g/mol. The summed E-state index contributed by atoms with van der Waals surface area (Å²) in [6.45, 7) is 8.55. The van der Waals surface area contributed by atoms with Crippen molar-refractivity contribution in [3.05, 3.63) is 0 Å². The molecule has 0 aliphatic carbocycles. The molecule has 0 radical (unpaired) electrons. The van der Waals surface area contributed by atoms with Crippen LogP contribution in [0.3, 0.4) is 0 Å². The van der Waals surface area contributed by atoms with Crippen LogP contribution in [-0.2, 0) is 9.59 Å². The van der Waals surface area contributed by atoms with Crippen molar-refractivity contribution in [2.45, 2.75) is 53.0 Å². The number of unbranched alkanes of at least 4 members (excludes halogenated alkanes) is 1. The summed E-state index contributed by atoms with van der Waals surface area (Å²) in [5.74, 6) is -1.61. The molecule has 0 aromatic rings. The summed E-state index contributed by atoms with van der Waals surface area (Å²) in [6, 6.07) is -0.485. The average Bonchev–Trinajstić information content (AvgIpc) is 2.32. The first-order chi connectivity index (χ1) is 9.45. The molecule has 7 heteroatoms. The van der Waals surface area contributed by atoms with Gasteiger partial charge in [-0.1, -0.05) is 13.3 Å². The molecule has 0 saturated carbocycles. The van der Waals surface area contributed by atoms with E-state index in [0.29, 0.717) is 6.54 Å². The van der Waals surface area contributed by atoms with E-state index in [1.54, 1.807) is 27.7 Å². The molecular formula is C14H27N3O4. The number of carbonyl (C=O) groups is 3. The predicted octanol–water partition coefficient (Wildman–Crippen LogP) is 1.17. The van der Waals surface area contributed by atoms with Gasteiger partial charge in [-0.3, -0.25) is 9.59 Å². The predicted molar refractivity (Wildman–Crippen MR) is 79.7 cm³/mol. The molecule has 0 aliphatic rings. The highest BCUT2D eigenvalue weighted by Gasteiger charge is 2.45. The van der Waals surface area contributed by atoms with Gasteiger partial charge in [-0.05, 0) is 34.1 Å². The molecule has 0 aromatic carbocycles. The minimum absolute atomic E-state index is 0.185. The molecule has 7 nitrogen and oxygen atoms in total. The fourth-order valence-corrected chi connectivity index (χ4v) is 1.56. The lowest BCUT2D eigenvalue weighted by atomic mass is 9.74. The van der Waals surface area contributed by atoms with E-state index < -0.39 is 28.9 Å². The number of rotatable bonds is 8. The number of hydrogen-bond acceptors (Lipinski definition) is 3. The van der Waals surface area contributed by atoms with Crippen LogP contribution in [0.1, 0.15) is 47.5 Å². The first-order valence-electron chi connectivity index (χ1n) is 7.04. The number of aliphatic carboxylic acids is 1. The Morgan fingerprint density at radius 1 is 1.19 bits per heavy atom. The molecule has 0 unspecified atom stereocenters. The molecule has 0 saturated heterocycles. The van der Waals surface area contributed by atoms with Crippen molar-refractivity contribution < 1.29 is 19.5 Å². The first kappa shape index (κ1) is 19.2. The second-order valence-electron chi connectivity index (χ2n) is 6.23. The third-order valence-corrected chi connectivity index (χ3v) is 3.93. The van der Waals surface area contributed by atoms with Crippen molar-refractivity contribution in [2.24, 2.45) is 11.1 Å². The second kappa shape index (κ2) is 7.28. The zero-order valence-electron chi connectivity index (χ0n) is 13.5. The second-order valence-corrected chi connectivity index (χ2v) is 6.23. The number of nitrogens with one attached hydrogen (secondary N) is 1. The Morgan fingerprint density at radius 2 is 1.71 bits per heavy atom. The molecule has 0 bridgehead atoms. The smallest absolute Gasteiger partial charge is 0.318 e. The number of hydrogen-bond donors (Lipinski definition) is 3. The first-order valence-corrected chi connectivity index (χ1v) is 7.04. The van der Waals surface area contributed by atoms with Crippen LogP contribution in [0.4, 0.5) is 4.79 Å². The Kier molecular flexibility index (Phi) is 6.66. The number of primary amides is 1. The van der Waals surface area contributed by atoms with Gasteiger partial charge < -0.3 is 21.1 Å². The van der Waals surface area contributed by atoms with Gasteiger partial charge in [0.25, 0.3) is 0 Å².